The summed E-state index contributed by atoms with van der Waals surface area (Å²) in [6, 6.07) is 2.07. The minimum absolute atomic E-state index is 0.597. The molecule has 0 aliphatic carbocycles. The molecular weight excluding hydrogens is 212 g/mol. The summed E-state index contributed by atoms with van der Waals surface area (Å²) in [6.45, 7) is 8.15. The summed E-state index contributed by atoms with van der Waals surface area (Å²) in [5.74, 6) is 2.38. The van der Waals surface area contributed by atoms with Gasteiger partial charge in [0.2, 0.25) is 0 Å². The molecule has 96 valence electrons. The number of nitrogens with zero attached hydrogens (tertiary/aromatic N) is 2. The van der Waals surface area contributed by atoms with Gasteiger partial charge in [0.15, 0.2) is 0 Å². The number of rotatable bonds is 2. The zero-order valence-electron chi connectivity index (χ0n) is 11.4. The fourth-order valence-corrected chi connectivity index (χ4v) is 2.05. The second-order valence-electron chi connectivity index (χ2n) is 4.00. The maximum absolute atomic E-state index is 4.53. The third kappa shape index (κ3) is 3.97. The largest absolute Gasteiger partial charge is 0.373 e. The van der Waals surface area contributed by atoms with E-state index in [-0.39, 0.29) is 0 Å². The molecule has 0 atom stereocenters. The van der Waals surface area contributed by atoms with Gasteiger partial charge in [-0.1, -0.05) is 13.8 Å². The molecule has 1 aliphatic rings. The van der Waals surface area contributed by atoms with Crippen LogP contribution in [-0.4, -0.2) is 30.1 Å². The first-order valence-electron chi connectivity index (χ1n) is 6.53. The van der Waals surface area contributed by atoms with Crippen molar-refractivity contribution in [1.29, 1.82) is 0 Å². The Kier molecular flexibility index (Phi) is 5.91. The van der Waals surface area contributed by atoms with E-state index in [9.17, 15) is 0 Å². The fraction of sp³-hybridized carbons (Fsp3) is 0.692. The van der Waals surface area contributed by atoms with Crippen molar-refractivity contribution in [3.63, 3.8) is 0 Å². The average molecular weight is 236 g/mol. The summed E-state index contributed by atoms with van der Waals surface area (Å²) in [5.41, 5.74) is 1.19. The van der Waals surface area contributed by atoms with Crippen molar-refractivity contribution in [3.8, 4) is 0 Å². The highest BCUT2D eigenvalue weighted by Crippen LogP contribution is 2.24. The van der Waals surface area contributed by atoms with Crippen molar-refractivity contribution in [3.05, 3.63) is 17.6 Å². The Bertz CT molecular complexity index is 332. The molecule has 4 heteroatoms. The minimum Gasteiger partial charge on any atom is -0.373 e. The van der Waals surface area contributed by atoms with Crippen molar-refractivity contribution in [2.45, 2.75) is 39.5 Å². The van der Waals surface area contributed by atoms with E-state index in [0.717, 1.165) is 24.7 Å². The van der Waals surface area contributed by atoms with E-state index in [1.807, 2.05) is 27.8 Å². The van der Waals surface area contributed by atoms with Crippen LogP contribution in [0.4, 0.5) is 5.82 Å². The molecule has 0 saturated carbocycles. The van der Waals surface area contributed by atoms with Crippen molar-refractivity contribution < 1.29 is 0 Å². The van der Waals surface area contributed by atoms with E-state index in [2.05, 4.69) is 26.7 Å². The van der Waals surface area contributed by atoms with Crippen LogP contribution in [0.15, 0.2) is 6.07 Å². The Morgan fingerprint density at radius 2 is 1.88 bits per heavy atom. The van der Waals surface area contributed by atoms with Crippen molar-refractivity contribution in [2.75, 3.05) is 25.5 Å². The van der Waals surface area contributed by atoms with Gasteiger partial charge in [-0.25, -0.2) is 9.97 Å². The third-order valence-electron chi connectivity index (χ3n) is 2.87. The molecular formula is C13H24N4. The van der Waals surface area contributed by atoms with Crippen LogP contribution in [0.5, 0.6) is 0 Å². The van der Waals surface area contributed by atoms with Crippen molar-refractivity contribution in [1.82, 2.24) is 15.3 Å². The Balaban J connectivity index is 0.000000686. The molecule has 1 fully saturated rings. The summed E-state index contributed by atoms with van der Waals surface area (Å²) in [5, 5.41) is 6.45. The molecule has 1 aliphatic heterocycles. The molecule has 0 unspecified atom stereocenters. The van der Waals surface area contributed by atoms with Crippen molar-refractivity contribution in [2.24, 2.45) is 0 Å². The van der Waals surface area contributed by atoms with Crippen molar-refractivity contribution >= 4 is 5.82 Å². The molecule has 0 bridgehead atoms. The van der Waals surface area contributed by atoms with E-state index in [4.69, 9.17) is 0 Å². The summed E-state index contributed by atoms with van der Waals surface area (Å²) in [4.78, 5) is 8.84. The maximum Gasteiger partial charge on any atom is 0.129 e. The van der Waals surface area contributed by atoms with Gasteiger partial charge in [-0.3, -0.25) is 0 Å². The van der Waals surface area contributed by atoms with Gasteiger partial charge >= 0.3 is 0 Å². The summed E-state index contributed by atoms with van der Waals surface area (Å²) in [6.07, 6.45) is 2.36. The summed E-state index contributed by atoms with van der Waals surface area (Å²) < 4.78 is 0. The first kappa shape index (κ1) is 13.9. The van der Waals surface area contributed by atoms with Gasteiger partial charge in [-0.05, 0) is 32.9 Å². The highest BCUT2D eigenvalue weighted by atomic mass is 15.0. The highest BCUT2D eigenvalue weighted by Gasteiger charge is 2.17. The molecule has 2 rings (SSSR count). The van der Waals surface area contributed by atoms with Crippen LogP contribution >= 0.6 is 0 Å². The standard InChI is InChI=1S/C11H18N4.C2H6/c1-8-14-10(7-11(12-2)15-8)9-3-5-13-6-4-9;1-2/h7,9,13H,3-6H2,1-2H3,(H,12,14,15);1-2H3. The second-order valence-corrected chi connectivity index (χ2v) is 4.00. The molecule has 1 aromatic heterocycles. The lowest BCUT2D eigenvalue weighted by atomic mass is 9.94. The van der Waals surface area contributed by atoms with Crippen LogP contribution < -0.4 is 10.6 Å². The monoisotopic (exact) mass is 236 g/mol. The topological polar surface area (TPSA) is 49.8 Å². The number of aryl methyl sites for hydroxylation is 1. The zero-order valence-corrected chi connectivity index (χ0v) is 11.4. The highest BCUT2D eigenvalue weighted by molar-refractivity contribution is 5.36. The summed E-state index contributed by atoms with van der Waals surface area (Å²) >= 11 is 0. The van der Waals surface area contributed by atoms with Gasteiger partial charge in [0, 0.05) is 24.7 Å². The normalized spacial score (nSPS) is 16.0. The third-order valence-corrected chi connectivity index (χ3v) is 2.87. The number of nitrogens with one attached hydrogen (secondary N) is 2. The predicted molar refractivity (Wildman–Crippen MR) is 72.5 cm³/mol. The predicted octanol–water partition coefficient (Wildman–Crippen LogP) is 2.32. The minimum atomic E-state index is 0.597. The number of anilines is 1. The van der Waals surface area contributed by atoms with Crippen LogP contribution in [0.3, 0.4) is 0 Å². The maximum atomic E-state index is 4.53. The van der Waals surface area contributed by atoms with Crippen LogP contribution in [0.25, 0.3) is 0 Å². The Morgan fingerprint density at radius 1 is 1.24 bits per heavy atom. The van der Waals surface area contributed by atoms with E-state index in [0.29, 0.717) is 5.92 Å². The number of hydrogen-bond donors (Lipinski definition) is 2. The lowest BCUT2D eigenvalue weighted by Gasteiger charge is -2.22. The molecule has 1 aromatic rings. The molecule has 4 nitrogen and oxygen atoms in total. The molecule has 0 radical (unpaired) electrons. The molecule has 0 amide bonds. The van der Waals surface area contributed by atoms with Gasteiger partial charge in [0.1, 0.15) is 11.6 Å². The molecule has 0 aromatic carbocycles. The van der Waals surface area contributed by atoms with E-state index < -0.39 is 0 Å². The Hall–Kier alpha value is -1.16. The van der Waals surface area contributed by atoms with Crippen LogP contribution in [0, 0.1) is 6.92 Å². The Morgan fingerprint density at radius 3 is 2.47 bits per heavy atom. The fourth-order valence-electron chi connectivity index (χ4n) is 2.05. The smallest absolute Gasteiger partial charge is 0.129 e. The van der Waals surface area contributed by atoms with E-state index in [1.165, 1.54) is 18.5 Å². The molecule has 0 spiro atoms. The first-order valence-corrected chi connectivity index (χ1v) is 6.53. The van der Waals surface area contributed by atoms with E-state index >= 15 is 0 Å². The molecule has 1 saturated heterocycles. The zero-order chi connectivity index (χ0) is 12.7. The molecule has 2 heterocycles. The lowest BCUT2D eigenvalue weighted by molar-refractivity contribution is 0.452. The summed E-state index contributed by atoms with van der Waals surface area (Å²) in [7, 11) is 1.90. The Labute approximate surface area is 104 Å². The van der Waals surface area contributed by atoms with Crippen LogP contribution in [0.1, 0.15) is 44.1 Å². The van der Waals surface area contributed by atoms with Gasteiger partial charge < -0.3 is 10.6 Å². The van der Waals surface area contributed by atoms with Crippen LogP contribution in [0.2, 0.25) is 0 Å². The lowest BCUT2D eigenvalue weighted by Crippen LogP contribution is -2.27. The number of hydrogen-bond acceptors (Lipinski definition) is 4. The molecule has 2 N–H and O–H groups in total. The molecule has 17 heavy (non-hydrogen) atoms. The van der Waals surface area contributed by atoms with Gasteiger partial charge in [0.25, 0.3) is 0 Å². The van der Waals surface area contributed by atoms with Crippen LogP contribution in [-0.2, 0) is 0 Å². The van der Waals surface area contributed by atoms with Gasteiger partial charge in [-0.15, -0.1) is 0 Å². The number of piperidine rings is 1. The SMILES string of the molecule is CC.CNc1cc(C2CCNCC2)nc(C)n1. The first-order chi connectivity index (χ1) is 8.29. The van der Waals surface area contributed by atoms with Gasteiger partial charge in [-0.2, -0.15) is 0 Å². The van der Waals surface area contributed by atoms with E-state index in [1.54, 1.807) is 0 Å². The second kappa shape index (κ2) is 7.22. The number of aromatic nitrogens is 2. The van der Waals surface area contributed by atoms with Gasteiger partial charge in [0.05, 0.1) is 0 Å². The quantitative estimate of drug-likeness (QED) is 0.827. The average Bonchev–Trinajstić information content (AvgIpc) is 2.41.